The van der Waals surface area contributed by atoms with Gasteiger partial charge in [0.15, 0.2) is 6.61 Å². The number of thiophene rings is 1. The van der Waals surface area contributed by atoms with Crippen LogP contribution in [0.3, 0.4) is 0 Å². The summed E-state index contributed by atoms with van der Waals surface area (Å²) < 4.78 is 10.2. The van der Waals surface area contributed by atoms with E-state index in [-0.39, 0.29) is 0 Å². The fraction of sp³-hybridized carbons (Fsp3) is 0.316. The van der Waals surface area contributed by atoms with Gasteiger partial charge in [0.25, 0.3) is 5.91 Å². The van der Waals surface area contributed by atoms with E-state index in [0.717, 1.165) is 41.9 Å². The first kappa shape index (κ1) is 18.0. The topological polar surface area (TPSA) is 92.3 Å². The van der Waals surface area contributed by atoms with E-state index in [1.807, 2.05) is 0 Å². The lowest BCUT2D eigenvalue weighted by molar-refractivity contribution is -0.142. The number of carbonyl (C=O) groups excluding carboxylic acids is 2. The summed E-state index contributed by atoms with van der Waals surface area (Å²) in [6.07, 6.45) is 6.66. The number of nitrogens with one attached hydrogen (secondary N) is 1. The molecule has 1 N–H and O–H groups in total. The van der Waals surface area contributed by atoms with Crippen LogP contribution in [0.1, 0.15) is 40.4 Å². The SMILES string of the molecule is Cc1ccc(/C=C/C(=O)OCC(=O)Nc2sc3c(c2C#N)CCCC3)o1. The molecule has 2 aromatic heterocycles. The van der Waals surface area contributed by atoms with E-state index in [0.29, 0.717) is 16.3 Å². The second-order valence-electron chi connectivity index (χ2n) is 5.96. The van der Waals surface area contributed by atoms with E-state index in [1.165, 1.54) is 23.5 Å². The molecule has 0 aromatic carbocycles. The number of fused-ring (bicyclic) bond motifs is 1. The molecule has 1 aliphatic rings. The number of amides is 1. The summed E-state index contributed by atoms with van der Waals surface area (Å²) in [4.78, 5) is 24.9. The standard InChI is InChI=1S/C19H18N2O4S/c1-12-6-7-13(25-12)8-9-18(23)24-11-17(22)21-19-15(10-20)14-4-2-3-5-16(14)26-19/h6-9H,2-5,11H2,1H3,(H,21,22)/b9-8+. The molecule has 0 atom stereocenters. The molecule has 0 saturated carbocycles. The molecular formula is C19H18N2O4S. The van der Waals surface area contributed by atoms with Crippen molar-refractivity contribution in [3.63, 3.8) is 0 Å². The van der Waals surface area contributed by atoms with Gasteiger partial charge in [0.05, 0.1) is 5.56 Å². The molecule has 0 saturated heterocycles. The van der Waals surface area contributed by atoms with Crippen molar-refractivity contribution >= 4 is 34.3 Å². The van der Waals surface area contributed by atoms with Gasteiger partial charge in [0.1, 0.15) is 22.6 Å². The molecule has 0 fully saturated rings. The number of nitriles is 1. The minimum absolute atomic E-state index is 0.409. The molecular weight excluding hydrogens is 352 g/mol. The third-order valence-electron chi connectivity index (χ3n) is 4.03. The van der Waals surface area contributed by atoms with Crippen LogP contribution in [-0.4, -0.2) is 18.5 Å². The Kier molecular flexibility index (Phi) is 5.54. The molecule has 2 heterocycles. The maximum Gasteiger partial charge on any atom is 0.331 e. The van der Waals surface area contributed by atoms with E-state index in [2.05, 4.69) is 11.4 Å². The van der Waals surface area contributed by atoms with Crippen LogP contribution in [0.2, 0.25) is 0 Å². The van der Waals surface area contributed by atoms with Gasteiger partial charge in [-0.05, 0) is 56.4 Å². The van der Waals surface area contributed by atoms with Crippen LogP contribution in [0.5, 0.6) is 0 Å². The first-order chi connectivity index (χ1) is 12.6. The average Bonchev–Trinajstić information content (AvgIpc) is 3.20. The van der Waals surface area contributed by atoms with E-state index in [9.17, 15) is 14.9 Å². The van der Waals surface area contributed by atoms with Gasteiger partial charge in [-0.3, -0.25) is 4.79 Å². The van der Waals surface area contributed by atoms with E-state index in [1.54, 1.807) is 19.1 Å². The maximum atomic E-state index is 12.0. The molecule has 0 unspecified atom stereocenters. The van der Waals surface area contributed by atoms with Gasteiger partial charge in [0, 0.05) is 11.0 Å². The highest BCUT2D eigenvalue weighted by Gasteiger charge is 2.21. The van der Waals surface area contributed by atoms with Gasteiger partial charge >= 0.3 is 5.97 Å². The Hall–Kier alpha value is -2.85. The van der Waals surface area contributed by atoms with Crippen molar-refractivity contribution in [3.05, 3.63) is 45.7 Å². The zero-order valence-electron chi connectivity index (χ0n) is 14.3. The molecule has 1 aliphatic carbocycles. The van der Waals surface area contributed by atoms with Crippen LogP contribution in [0.15, 0.2) is 22.6 Å². The maximum absolute atomic E-state index is 12.0. The lowest BCUT2D eigenvalue weighted by atomic mass is 9.96. The molecule has 0 spiro atoms. The average molecular weight is 370 g/mol. The lowest BCUT2D eigenvalue weighted by Gasteiger charge is -2.09. The van der Waals surface area contributed by atoms with Gasteiger partial charge in [-0.1, -0.05) is 0 Å². The monoisotopic (exact) mass is 370 g/mol. The normalized spacial score (nSPS) is 13.2. The quantitative estimate of drug-likeness (QED) is 0.641. The van der Waals surface area contributed by atoms with E-state index in [4.69, 9.17) is 9.15 Å². The fourth-order valence-corrected chi connectivity index (χ4v) is 4.07. The Labute approximate surface area is 155 Å². The molecule has 2 aromatic rings. The fourth-order valence-electron chi connectivity index (χ4n) is 2.81. The van der Waals surface area contributed by atoms with Gasteiger partial charge in [-0.25, -0.2) is 4.79 Å². The highest BCUT2D eigenvalue weighted by atomic mass is 32.1. The van der Waals surface area contributed by atoms with E-state index >= 15 is 0 Å². The van der Waals surface area contributed by atoms with Crippen molar-refractivity contribution < 1.29 is 18.7 Å². The smallest absolute Gasteiger partial charge is 0.331 e. The third kappa shape index (κ3) is 4.21. The van der Waals surface area contributed by atoms with Crippen LogP contribution < -0.4 is 5.32 Å². The summed E-state index contributed by atoms with van der Waals surface area (Å²) in [5.74, 6) is 0.173. The van der Waals surface area contributed by atoms with Gasteiger partial charge < -0.3 is 14.5 Å². The van der Waals surface area contributed by atoms with Crippen molar-refractivity contribution in [1.29, 1.82) is 5.26 Å². The summed E-state index contributed by atoms with van der Waals surface area (Å²) in [7, 11) is 0. The van der Waals surface area contributed by atoms with Crippen LogP contribution >= 0.6 is 11.3 Å². The minimum atomic E-state index is -0.639. The van der Waals surface area contributed by atoms with Crippen molar-refractivity contribution in [1.82, 2.24) is 0 Å². The van der Waals surface area contributed by atoms with Crippen LogP contribution in [0.4, 0.5) is 5.00 Å². The number of anilines is 1. The zero-order valence-corrected chi connectivity index (χ0v) is 15.1. The van der Waals surface area contributed by atoms with Crippen LogP contribution in [-0.2, 0) is 27.2 Å². The number of aryl methyl sites for hydroxylation is 2. The van der Waals surface area contributed by atoms with Gasteiger partial charge in [0.2, 0.25) is 0 Å². The Morgan fingerprint density at radius 1 is 1.38 bits per heavy atom. The number of hydrogen-bond donors (Lipinski definition) is 1. The van der Waals surface area contributed by atoms with Crippen LogP contribution in [0.25, 0.3) is 6.08 Å². The number of hydrogen-bond acceptors (Lipinski definition) is 6. The number of esters is 1. The molecule has 1 amide bonds. The molecule has 26 heavy (non-hydrogen) atoms. The third-order valence-corrected chi connectivity index (χ3v) is 5.23. The molecule has 3 rings (SSSR count). The Bertz CT molecular complexity index is 901. The molecule has 6 nitrogen and oxygen atoms in total. The second kappa shape index (κ2) is 8.02. The molecule has 7 heteroatoms. The first-order valence-corrected chi connectivity index (χ1v) is 9.14. The van der Waals surface area contributed by atoms with Crippen molar-refractivity contribution in [2.45, 2.75) is 32.6 Å². The Morgan fingerprint density at radius 3 is 2.92 bits per heavy atom. The number of ether oxygens (including phenoxy) is 1. The van der Waals surface area contributed by atoms with Crippen molar-refractivity contribution in [2.24, 2.45) is 0 Å². The molecule has 0 aliphatic heterocycles. The number of furan rings is 1. The lowest BCUT2D eigenvalue weighted by Crippen LogP contribution is -2.20. The van der Waals surface area contributed by atoms with Crippen molar-refractivity contribution in [3.8, 4) is 6.07 Å². The Morgan fingerprint density at radius 2 is 2.19 bits per heavy atom. The minimum Gasteiger partial charge on any atom is -0.462 e. The molecule has 134 valence electrons. The first-order valence-electron chi connectivity index (χ1n) is 8.32. The summed E-state index contributed by atoms with van der Waals surface area (Å²) in [5, 5.41) is 12.6. The molecule has 0 bridgehead atoms. The largest absolute Gasteiger partial charge is 0.462 e. The van der Waals surface area contributed by atoms with Crippen LogP contribution in [0, 0.1) is 18.3 Å². The van der Waals surface area contributed by atoms with Gasteiger partial charge in [-0.2, -0.15) is 5.26 Å². The second-order valence-corrected chi connectivity index (χ2v) is 7.07. The number of nitrogens with zero attached hydrogens (tertiary/aromatic N) is 1. The summed E-state index contributed by atoms with van der Waals surface area (Å²) >= 11 is 1.44. The highest BCUT2D eigenvalue weighted by molar-refractivity contribution is 7.16. The Balaban J connectivity index is 1.54. The van der Waals surface area contributed by atoms with Crippen molar-refractivity contribution in [2.75, 3.05) is 11.9 Å². The summed E-state index contributed by atoms with van der Waals surface area (Å²) in [6, 6.07) is 5.69. The summed E-state index contributed by atoms with van der Waals surface area (Å²) in [6.45, 7) is 1.39. The summed E-state index contributed by atoms with van der Waals surface area (Å²) in [5.41, 5.74) is 1.59. The zero-order chi connectivity index (χ0) is 18.5. The van der Waals surface area contributed by atoms with Gasteiger partial charge in [-0.15, -0.1) is 11.3 Å². The number of rotatable bonds is 5. The highest BCUT2D eigenvalue weighted by Crippen LogP contribution is 2.37. The van der Waals surface area contributed by atoms with E-state index < -0.39 is 18.5 Å². The predicted molar refractivity (Wildman–Crippen MR) is 97.7 cm³/mol. The number of carbonyl (C=O) groups is 2. The predicted octanol–water partition coefficient (Wildman–Crippen LogP) is 3.60. The molecule has 0 radical (unpaired) electrons.